The smallest absolute Gasteiger partial charge is 0.261 e. The van der Waals surface area contributed by atoms with E-state index in [-0.39, 0.29) is 17.7 Å². The fraction of sp³-hybridized carbons (Fsp3) is 0.571. The van der Waals surface area contributed by atoms with Crippen molar-refractivity contribution in [3.63, 3.8) is 0 Å². The zero-order valence-corrected chi connectivity index (χ0v) is 15.4. The molecular formula is C21H26N2O3. The van der Waals surface area contributed by atoms with Gasteiger partial charge in [0.05, 0.1) is 11.1 Å². The van der Waals surface area contributed by atoms with Crippen LogP contribution in [0.5, 0.6) is 0 Å². The zero-order valence-electron chi connectivity index (χ0n) is 15.4. The lowest BCUT2D eigenvalue weighted by Gasteiger charge is -2.29. The van der Waals surface area contributed by atoms with Gasteiger partial charge in [-0.05, 0) is 50.3 Å². The Morgan fingerprint density at radius 1 is 1.04 bits per heavy atom. The highest BCUT2D eigenvalue weighted by atomic mass is 16.2. The zero-order chi connectivity index (χ0) is 18.3. The molecule has 1 aromatic rings. The van der Waals surface area contributed by atoms with E-state index in [1.54, 1.807) is 18.2 Å². The second kappa shape index (κ2) is 6.86. The Kier molecular flexibility index (Phi) is 4.55. The number of hydrogen-bond donors (Lipinski definition) is 0. The molecule has 4 rings (SSSR count). The van der Waals surface area contributed by atoms with E-state index in [1.165, 1.54) is 17.7 Å². The minimum Gasteiger partial charge on any atom is -0.333 e. The topological polar surface area (TPSA) is 57.7 Å². The molecular weight excluding hydrogens is 328 g/mol. The summed E-state index contributed by atoms with van der Waals surface area (Å²) < 4.78 is 0. The summed E-state index contributed by atoms with van der Waals surface area (Å²) in [4.78, 5) is 41.7. The Morgan fingerprint density at radius 3 is 2.35 bits per heavy atom. The summed E-state index contributed by atoms with van der Waals surface area (Å²) in [5.41, 5.74) is 1.36. The summed E-state index contributed by atoms with van der Waals surface area (Å²) in [7, 11) is 0. The second-order valence-corrected chi connectivity index (χ2v) is 7.76. The molecule has 2 saturated carbocycles. The molecule has 1 heterocycles. The van der Waals surface area contributed by atoms with Gasteiger partial charge in [-0.1, -0.05) is 26.2 Å². The van der Waals surface area contributed by atoms with E-state index in [0.717, 1.165) is 38.5 Å². The summed E-state index contributed by atoms with van der Waals surface area (Å²) in [6.07, 6.45) is 8.41. The molecule has 0 atom stereocenters. The SMILES string of the molecule is CCCCN1C(=O)c2ccc(C(=O)N(C3CCCC3)C3CC3)cc2C1=O. The highest BCUT2D eigenvalue weighted by Crippen LogP contribution is 2.36. The summed E-state index contributed by atoms with van der Waals surface area (Å²) in [6, 6.07) is 5.72. The lowest BCUT2D eigenvalue weighted by molar-refractivity contribution is 0.0648. The Labute approximate surface area is 154 Å². The van der Waals surface area contributed by atoms with Crippen molar-refractivity contribution in [2.45, 2.75) is 70.4 Å². The highest BCUT2D eigenvalue weighted by molar-refractivity contribution is 6.22. The molecule has 0 unspecified atom stereocenters. The van der Waals surface area contributed by atoms with Crippen LogP contribution in [0.15, 0.2) is 18.2 Å². The van der Waals surface area contributed by atoms with Crippen molar-refractivity contribution >= 4 is 17.7 Å². The van der Waals surface area contributed by atoms with E-state index in [9.17, 15) is 14.4 Å². The standard InChI is InChI=1S/C21H26N2O3/c1-2-3-12-22-20(25)17-11-8-14(13-18(17)21(22)26)19(24)23(16-9-10-16)15-6-4-5-7-15/h8,11,13,15-16H,2-7,9-10,12H2,1H3. The van der Waals surface area contributed by atoms with E-state index in [2.05, 4.69) is 4.90 Å². The Morgan fingerprint density at radius 2 is 1.69 bits per heavy atom. The Bertz CT molecular complexity index is 748. The summed E-state index contributed by atoms with van der Waals surface area (Å²) in [6.45, 7) is 2.48. The maximum absolute atomic E-state index is 13.2. The largest absolute Gasteiger partial charge is 0.333 e. The lowest BCUT2D eigenvalue weighted by Crippen LogP contribution is -2.40. The van der Waals surface area contributed by atoms with Gasteiger partial charge >= 0.3 is 0 Å². The van der Waals surface area contributed by atoms with Gasteiger partial charge in [0, 0.05) is 24.2 Å². The van der Waals surface area contributed by atoms with Gasteiger partial charge in [-0.25, -0.2) is 0 Å². The van der Waals surface area contributed by atoms with Crippen LogP contribution in [0.4, 0.5) is 0 Å². The molecule has 26 heavy (non-hydrogen) atoms. The molecule has 5 heteroatoms. The number of unbranched alkanes of at least 4 members (excludes halogenated alkanes) is 1. The molecule has 0 spiro atoms. The van der Waals surface area contributed by atoms with Gasteiger partial charge in [0.2, 0.25) is 0 Å². The average Bonchev–Trinajstić information content (AvgIpc) is 3.27. The molecule has 1 aliphatic heterocycles. The van der Waals surface area contributed by atoms with Gasteiger partial charge in [-0.15, -0.1) is 0 Å². The van der Waals surface area contributed by atoms with Crippen molar-refractivity contribution in [1.29, 1.82) is 0 Å². The number of benzene rings is 1. The molecule has 2 fully saturated rings. The van der Waals surface area contributed by atoms with Gasteiger partial charge in [-0.2, -0.15) is 0 Å². The van der Waals surface area contributed by atoms with Crippen molar-refractivity contribution in [3.8, 4) is 0 Å². The fourth-order valence-electron chi connectivity index (χ4n) is 4.26. The number of carbonyl (C=O) groups excluding carboxylic acids is 3. The van der Waals surface area contributed by atoms with Crippen LogP contribution in [0, 0.1) is 0 Å². The average molecular weight is 354 g/mol. The normalized spacial score (nSPS) is 20.0. The van der Waals surface area contributed by atoms with E-state index in [0.29, 0.717) is 35.3 Å². The van der Waals surface area contributed by atoms with Crippen molar-refractivity contribution in [2.75, 3.05) is 6.54 Å². The molecule has 0 saturated heterocycles. The van der Waals surface area contributed by atoms with Gasteiger partial charge < -0.3 is 4.90 Å². The first kappa shape index (κ1) is 17.3. The third-order valence-electron chi connectivity index (χ3n) is 5.85. The third-order valence-corrected chi connectivity index (χ3v) is 5.85. The molecule has 0 aromatic heterocycles. The lowest BCUT2D eigenvalue weighted by atomic mass is 10.0. The molecule has 0 radical (unpaired) electrons. The van der Waals surface area contributed by atoms with Crippen LogP contribution < -0.4 is 0 Å². The van der Waals surface area contributed by atoms with Gasteiger partial charge in [0.15, 0.2) is 0 Å². The van der Waals surface area contributed by atoms with Crippen molar-refractivity contribution in [1.82, 2.24) is 9.80 Å². The molecule has 3 amide bonds. The second-order valence-electron chi connectivity index (χ2n) is 7.76. The fourth-order valence-corrected chi connectivity index (χ4v) is 4.26. The van der Waals surface area contributed by atoms with Crippen LogP contribution in [0.25, 0.3) is 0 Å². The summed E-state index contributed by atoms with van der Waals surface area (Å²) in [5.74, 6) is -0.464. The third kappa shape index (κ3) is 2.93. The van der Waals surface area contributed by atoms with E-state index in [4.69, 9.17) is 0 Å². The molecule has 3 aliphatic rings. The summed E-state index contributed by atoms with van der Waals surface area (Å²) in [5, 5.41) is 0. The van der Waals surface area contributed by atoms with Crippen molar-refractivity contribution in [3.05, 3.63) is 34.9 Å². The predicted octanol–water partition coefficient (Wildman–Crippen LogP) is 3.63. The van der Waals surface area contributed by atoms with Crippen LogP contribution in [-0.2, 0) is 0 Å². The molecule has 0 bridgehead atoms. The van der Waals surface area contributed by atoms with Gasteiger partial charge in [-0.3, -0.25) is 19.3 Å². The van der Waals surface area contributed by atoms with Gasteiger partial charge in [0.25, 0.3) is 17.7 Å². The molecule has 2 aliphatic carbocycles. The van der Waals surface area contributed by atoms with Crippen LogP contribution in [-0.4, -0.2) is 46.1 Å². The quantitative estimate of drug-likeness (QED) is 0.733. The molecule has 1 aromatic carbocycles. The summed E-state index contributed by atoms with van der Waals surface area (Å²) >= 11 is 0. The van der Waals surface area contributed by atoms with E-state index in [1.807, 2.05) is 6.92 Å². The van der Waals surface area contributed by atoms with E-state index >= 15 is 0 Å². The molecule has 138 valence electrons. The van der Waals surface area contributed by atoms with Crippen LogP contribution in [0.1, 0.15) is 89.4 Å². The number of fused-ring (bicyclic) bond motifs is 1. The van der Waals surface area contributed by atoms with Gasteiger partial charge in [0.1, 0.15) is 0 Å². The predicted molar refractivity (Wildman–Crippen MR) is 98.2 cm³/mol. The van der Waals surface area contributed by atoms with Crippen LogP contribution in [0.3, 0.4) is 0 Å². The highest BCUT2D eigenvalue weighted by Gasteiger charge is 2.40. The molecule has 0 N–H and O–H groups in total. The minimum absolute atomic E-state index is 0.0226. The molecule has 5 nitrogen and oxygen atoms in total. The first-order valence-corrected chi connectivity index (χ1v) is 9.94. The number of carbonyl (C=O) groups is 3. The number of rotatable bonds is 6. The maximum Gasteiger partial charge on any atom is 0.261 e. The van der Waals surface area contributed by atoms with Crippen molar-refractivity contribution in [2.24, 2.45) is 0 Å². The maximum atomic E-state index is 13.2. The minimum atomic E-state index is -0.257. The number of amides is 3. The first-order chi connectivity index (χ1) is 12.6. The first-order valence-electron chi connectivity index (χ1n) is 9.94. The van der Waals surface area contributed by atoms with Crippen LogP contribution in [0.2, 0.25) is 0 Å². The number of hydrogen-bond acceptors (Lipinski definition) is 3. The number of imide groups is 1. The Balaban J connectivity index is 1.59. The number of nitrogens with zero attached hydrogens (tertiary/aromatic N) is 2. The van der Waals surface area contributed by atoms with Crippen molar-refractivity contribution < 1.29 is 14.4 Å². The Hall–Kier alpha value is -2.17. The van der Waals surface area contributed by atoms with E-state index < -0.39 is 0 Å². The van der Waals surface area contributed by atoms with Crippen LogP contribution >= 0.6 is 0 Å². The monoisotopic (exact) mass is 354 g/mol.